The number of amides is 1. The summed E-state index contributed by atoms with van der Waals surface area (Å²) < 4.78 is 10.7. The molecule has 122 valence electrons. The van der Waals surface area contributed by atoms with Crippen LogP contribution in [0.1, 0.15) is 21.8 Å². The van der Waals surface area contributed by atoms with Crippen molar-refractivity contribution in [1.29, 1.82) is 0 Å². The molecule has 2 heterocycles. The largest absolute Gasteiger partial charge is 0.496 e. The molecule has 0 fully saturated rings. The molecule has 5 heteroatoms. The molecular formula is C19H18N2O3. The van der Waals surface area contributed by atoms with Crippen molar-refractivity contribution in [3.8, 4) is 5.75 Å². The molecule has 1 amide bonds. The summed E-state index contributed by atoms with van der Waals surface area (Å²) in [7, 11) is 1.56. The van der Waals surface area contributed by atoms with Crippen molar-refractivity contribution < 1.29 is 13.9 Å². The van der Waals surface area contributed by atoms with Crippen LogP contribution < -0.4 is 4.74 Å². The van der Waals surface area contributed by atoms with Crippen molar-refractivity contribution in [1.82, 2.24) is 9.88 Å². The first kappa shape index (κ1) is 15.8. The predicted octanol–water partition coefficient (Wildman–Crippen LogP) is 3.53. The van der Waals surface area contributed by atoms with Crippen LogP contribution in [-0.2, 0) is 13.1 Å². The second kappa shape index (κ2) is 7.46. The molecule has 0 radical (unpaired) electrons. The number of benzene rings is 1. The van der Waals surface area contributed by atoms with Gasteiger partial charge in [-0.2, -0.15) is 0 Å². The molecule has 0 saturated carbocycles. The molecule has 0 saturated heterocycles. The fraction of sp³-hybridized carbons (Fsp3) is 0.158. The number of carbonyl (C=O) groups excluding carboxylic acids is 1. The lowest BCUT2D eigenvalue weighted by Gasteiger charge is -2.22. The fourth-order valence-corrected chi connectivity index (χ4v) is 2.47. The van der Waals surface area contributed by atoms with Gasteiger partial charge in [-0.05, 0) is 36.4 Å². The Morgan fingerprint density at radius 1 is 1.08 bits per heavy atom. The monoisotopic (exact) mass is 322 g/mol. The summed E-state index contributed by atoms with van der Waals surface area (Å²) in [5.41, 5.74) is 1.33. The molecule has 0 aliphatic heterocycles. The van der Waals surface area contributed by atoms with Crippen LogP contribution in [0.5, 0.6) is 5.75 Å². The summed E-state index contributed by atoms with van der Waals surface area (Å²) in [5.74, 6) is 1.14. The molecule has 3 rings (SSSR count). The van der Waals surface area contributed by atoms with Gasteiger partial charge in [0.15, 0.2) is 0 Å². The van der Waals surface area contributed by atoms with E-state index in [9.17, 15) is 4.79 Å². The normalized spacial score (nSPS) is 10.4. The Morgan fingerprint density at radius 3 is 2.62 bits per heavy atom. The van der Waals surface area contributed by atoms with E-state index in [1.807, 2.05) is 42.5 Å². The molecule has 0 atom stereocenters. The molecule has 0 unspecified atom stereocenters. The van der Waals surface area contributed by atoms with E-state index in [0.717, 1.165) is 5.69 Å². The maximum atomic E-state index is 13.0. The highest BCUT2D eigenvalue weighted by Crippen LogP contribution is 2.21. The van der Waals surface area contributed by atoms with Crippen molar-refractivity contribution in [2.24, 2.45) is 0 Å². The van der Waals surface area contributed by atoms with Gasteiger partial charge in [-0.1, -0.05) is 18.2 Å². The zero-order valence-electron chi connectivity index (χ0n) is 13.4. The molecule has 0 N–H and O–H groups in total. The lowest BCUT2D eigenvalue weighted by molar-refractivity contribution is 0.0712. The molecule has 5 nitrogen and oxygen atoms in total. The Balaban J connectivity index is 1.89. The maximum absolute atomic E-state index is 13.0. The highest BCUT2D eigenvalue weighted by atomic mass is 16.5. The maximum Gasteiger partial charge on any atom is 0.258 e. The number of aromatic nitrogens is 1. The van der Waals surface area contributed by atoms with Crippen molar-refractivity contribution >= 4 is 5.91 Å². The number of furan rings is 1. The Hall–Kier alpha value is -3.08. The number of nitrogens with zero attached hydrogens (tertiary/aromatic N) is 2. The van der Waals surface area contributed by atoms with Crippen molar-refractivity contribution in [2.75, 3.05) is 7.11 Å². The number of ether oxygens (including phenoxy) is 1. The summed E-state index contributed by atoms with van der Waals surface area (Å²) in [6.07, 6.45) is 3.32. The van der Waals surface area contributed by atoms with Crippen LogP contribution in [0.3, 0.4) is 0 Å². The van der Waals surface area contributed by atoms with Crippen LogP contribution in [0.15, 0.2) is 71.5 Å². The molecule has 1 aromatic carbocycles. The summed E-state index contributed by atoms with van der Waals surface area (Å²) in [6.45, 7) is 0.749. The van der Waals surface area contributed by atoms with Crippen LogP contribution >= 0.6 is 0 Å². The predicted molar refractivity (Wildman–Crippen MR) is 89.5 cm³/mol. The van der Waals surface area contributed by atoms with E-state index in [0.29, 0.717) is 30.2 Å². The molecule has 0 aliphatic carbocycles. The van der Waals surface area contributed by atoms with Gasteiger partial charge in [0.05, 0.1) is 37.7 Å². The zero-order valence-corrected chi connectivity index (χ0v) is 13.4. The van der Waals surface area contributed by atoms with E-state index in [1.165, 1.54) is 0 Å². The quantitative estimate of drug-likeness (QED) is 0.697. The Bertz CT molecular complexity index is 785. The van der Waals surface area contributed by atoms with Gasteiger partial charge < -0.3 is 14.1 Å². The SMILES string of the molecule is COc1ccccc1C(=O)N(Cc1ccccn1)Cc1ccco1. The first-order valence-corrected chi connectivity index (χ1v) is 7.62. The van der Waals surface area contributed by atoms with Crippen molar-refractivity contribution in [3.05, 3.63) is 84.1 Å². The Kier molecular flexibility index (Phi) is 4.91. The van der Waals surface area contributed by atoms with E-state index in [-0.39, 0.29) is 5.91 Å². The minimum Gasteiger partial charge on any atom is -0.496 e. The molecule has 24 heavy (non-hydrogen) atoms. The van der Waals surface area contributed by atoms with Gasteiger partial charge in [0.2, 0.25) is 0 Å². The second-order valence-electron chi connectivity index (χ2n) is 5.26. The van der Waals surface area contributed by atoms with Gasteiger partial charge in [-0.15, -0.1) is 0 Å². The number of pyridine rings is 1. The van der Waals surface area contributed by atoms with Crippen LogP contribution in [0.2, 0.25) is 0 Å². The summed E-state index contributed by atoms with van der Waals surface area (Å²) in [4.78, 5) is 19.0. The first-order valence-electron chi connectivity index (χ1n) is 7.62. The number of methoxy groups -OCH3 is 1. The van der Waals surface area contributed by atoms with E-state index < -0.39 is 0 Å². The van der Waals surface area contributed by atoms with E-state index in [4.69, 9.17) is 9.15 Å². The first-order chi connectivity index (χ1) is 11.8. The summed E-state index contributed by atoms with van der Waals surface area (Å²) >= 11 is 0. The van der Waals surface area contributed by atoms with Gasteiger partial charge in [-0.3, -0.25) is 9.78 Å². The van der Waals surface area contributed by atoms with Crippen molar-refractivity contribution in [3.63, 3.8) is 0 Å². The van der Waals surface area contributed by atoms with Gasteiger partial charge in [0.1, 0.15) is 11.5 Å². The zero-order chi connectivity index (χ0) is 16.8. The van der Waals surface area contributed by atoms with E-state index in [1.54, 1.807) is 36.6 Å². The van der Waals surface area contributed by atoms with Crippen LogP contribution in [0, 0.1) is 0 Å². The molecular weight excluding hydrogens is 304 g/mol. The summed E-state index contributed by atoms with van der Waals surface area (Å²) in [6, 6.07) is 16.5. The molecule has 2 aromatic heterocycles. The average molecular weight is 322 g/mol. The van der Waals surface area contributed by atoms with Gasteiger partial charge in [0.25, 0.3) is 5.91 Å². The highest BCUT2D eigenvalue weighted by Gasteiger charge is 2.21. The average Bonchev–Trinajstić information content (AvgIpc) is 3.14. The van der Waals surface area contributed by atoms with Gasteiger partial charge in [-0.25, -0.2) is 0 Å². The Morgan fingerprint density at radius 2 is 1.92 bits per heavy atom. The lowest BCUT2D eigenvalue weighted by atomic mass is 10.1. The number of carbonyl (C=O) groups is 1. The van der Waals surface area contributed by atoms with Gasteiger partial charge >= 0.3 is 0 Å². The second-order valence-corrected chi connectivity index (χ2v) is 5.26. The number of para-hydroxylation sites is 1. The Labute approximate surface area is 140 Å². The van der Waals surface area contributed by atoms with Crippen LogP contribution in [-0.4, -0.2) is 22.9 Å². The molecule has 0 aliphatic rings. The fourth-order valence-electron chi connectivity index (χ4n) is 2.47. The van der Waals surface area contributed by atoms with Crippen LogP contribution in [0.25, 0.3) is 0 Å². The topological polar surface area (TPSA) is 55.6 Å². The molecule has 0 spiro atoms. The number of hydrogen-bond donors (Lipinski definition) is 0. The third-order valence-electron chi connectivity index (χ3n) is 3.63. The smallest absolute Gasteiger partial charge is 0.258 e. The van der Waals surface area contributed by atoms with Crippen LogP contribution in [0.4, 0.5) is 0 Å². The number of rotatable bonds is 6. The molecule has 3 aromatic rings. The molecule has 0 bridgehead atoms. The standard InChI is InChI=1S/C19H18N2O3/c1-23-18-10-3-2-9-17(18)19(22)21(14-16-8-6-12-24-16)13-15-7-4-5-11-20-15/h2-12H,13-14H2,1H3. The third-order valence-corrected chi connectivity index (χ3v) is 3.63. The summed E-state index contributed by atoms with van der Waals surface area (Å²) in [5, 5.41) is 0. The highest BCUT2D eigenvalue weighted by molar-refractivity contribution is 5.96. The number of hydrogen-bond acceptors (Lipinski definition) is 4. The lowest BCUT2D eigenvalue weighted by Crippen LogP contribution is -2.30. The minimum absolute atomic E-state index is 0.130. The van der Waals surface area contributed by atoms with Crippen molar-refractivity contribution in [2.45, 2.75) is 13.1 Å². The third kappa shape index (κ3) is 3.63. The van der Waals surface area contributed by atoms with E-state index in [2.05, 4.69) is 4.98 Å². The minimum atomic E-state index is -0.130. The van der Waals surface area contributed by atoms with E-state index >= 15 is 0 Å². The van der Waals surface area contributed by atoms with Gasteiger partial charge in [0, 0.05) is 6.20 Å².